The van der Waals surface area contributed by atoms with Crippen molar-refractivity contribution >= 4 is 11.9 Å². The maximum atomic E-state index is 12.1. The van der Waals surface area contributed by atoms with Gasteiger partial charge in [-0.25, -0.2) is 19.6 Å². The van der Waals surface area contributed by atoms with Gasteiger partial charge in [0, 0.05) is 18.8 Å². The molecule has 0 N–H and O–H groups in total. The van der Waals surface area contributed by atoms with Gasteiger partial charge in [0.1, 0.15) is 11.4 Å². The SMILES string of the molecule is O=C(OCCCOC(=O)c1cc(C2CC2)ccn1)c1cc(C2CC2)ccn1. The van der Waals surface area contributed by atoms with Crippen LogP contribution >= 0.6 is 0 Å². The third kappa shape index (κ3) is 4.70. The van der Waals surface area contributed by atoms with Gasteiger partial charge in [0.05, 0.1) is 13.2 Å². The van der Waals surface area contributed by atoms with Gasteiger partial charge in [-0.1, -0.05) is 0 Å². The largest absolute Gasteiger partial charge is 0.461 e. The molecule has 0 spiro atoms. The van der Waals surface area contributed by atoms with Gasteiger partial charge in [-0.2, -0.15) is 0 Å². The van der Waals surface area contributed by atoms with Gasteiger partial charge in [-0.05, 0) is 72.9 Å². The van der Waals surface area contributed by atoms with Gasteiger partial charge in [0.25, 0.3) is 0 Å². The molecule has 0 amide bonds. The van der Waals surface area contributed by atoms with E-state index in [1.165, 1.54) is 25.7 Å². The summed E-state index contributed by atoms with van der Waals surface area (Å²) >= 11 is 0. The van der Waals surface area contributed by atoms with E-state index in [1.807, 2.05) is 12.1 Å². The van der Waals surface area contributed by atoms with Crippen LogP contribution in [0.3, 0.4) is 0 Å². The van der Waals surface area contributed by atoms with Gasteiger partial charge in [0.2, 0.25) is 0 Å². The second-order valence-corrected chi connectivity index (χ2v) is 7.12. The Labute approximate surface area is 157 Å². The van der Waals surface area contributed by atoms with Crippen molar-refractivity contribution in [3.8, 4) is 0 Å². The highest BCUT2D eigenvalue weighted by Crippen LogP contribution is 2.40. The lowest BCUT2D eigenvalue weighted by Gasteiger charge is -2.07. The van der Waals surface area contributed by atoms with E-state index in [0.717, 1.165) is 11.1 Å². The lowest BCUT2D eigenvalue weighted by molar-refractivity contribution is 0.0388. The molecule has 0 unspecified atom stereocenters. The van der Waals surface area contributed by atoms with Gasteiger partial charge in [-0.3, -0.25) is 0 Å². The van der Waals surface area contributed by atoms with Crippen LogP contribution in [-0.2, 0) is 9.47 Å². The summed E-state index contributed by atoms with van der Waals surface area (Å²) in [7, 11) is 0. The van der Waals surface area contributed by atoms with E-state index in [2.05, 4.69) is 9.97 Å². The normalized spacial score (nSPS) is 16.0. The van der Waals surface area contributed by atoms with Crippen LogP contribution in [0.15, 0.2) is 36.7 Å². The number of hydrogen-bond donors (Lipinski definition) is 0. The zero-order valence-corrected chi connectivity index (χ0v) is 15.1. The highest BCUT2D eigenvalue weighted by molar-refractivity contribution is 5.88. The molecule has 0 radical (unpaired) electrons. The molecule has 2 aliphatic carbocycles. The average Bonchev–Trinajstić information content (AvgIpc) is 3.59. The summed E-state index contributed by atoms with van der Waals surface area (Å²) in [6.45, 7) is 0.355. The lowest BCUT2D eigenvalue weighted by Crippen LogP contribution is -2.13. The Kier molecular flexibility index (Phi) is 5.14. The Hall–Kier alpha value is -2.76. The third-order valence-electron chi connectivity index (χ3n) is 4.84. The summed E-state index contributed by atoms with van der Waals surface area (Å²) < 4.78 is 10.4. The number of esters is 2. The molecule has 0 bridgehead atoms. The summed E-state index contributed by atoms with van der Waals surface area (Å²) in [5.41, 5.74) is 2.95. The second-order valence-electron chi connectivity index (χ2n) is 7.12. The Morgan fingerprint density at radius 1 is 0.815 bits per heavy atom. The molecule has 0 atom stereocenters. The lowest BCUT2D eigenvalue weighted by atomic mass is 10.1. The Morgan fingerprint density at radius 2 is 1.26 bits per heavy atom. The van der Waals surface area contributed by atoms with Gasteiger partial charge in [0.15, 0.2) is 0 Å². The van der Waals surface area contributed by atoms with Crippen molar-refractivity contribution in [1.29, 1.82) is 0 Å². The fourth-order valence-electron chi connectivity index (χ4n) is 2.99. The first-order valence-corrected chi connectivity index (χ1v) is 9.47. The fourth-order valence-corrected chi connectivity index (χ4v) is 2.99. The van der Waals surface area contributed by atoms with Crippen molar-refractivity contribution in [2.75, 3.05) is 13.2 Å². The minimum absolute atomic E-state index is 0.178. The quantitative estimate of drug-likeness (QED) is 0.524. The molecule has 4 rings (SSSR count). The number of nitrogens with zero attached hydrogens (tertiary/aromatic N) is 2. The zero-order valence-electron chi connectivity index (χ0n) is 15.1. The summed E-state index contributed by atoms with van der Waals surface area (Å²) in [6.07, 6.45) is 8.40. The summed E-state index contributed by atoms with van der Waals surface area (Å²) in [5.74, 6) is 0.238. The number of aromatic nitrogens is 2. The third-order valence-corrected chi connectivity index (χ3v) is 4.84. The van der Waals surface area contributed by atoms with Crippen molar-refractivity contribution in [3.63, 3.8) is 0 Å². The van der Waals surface area contributed by atoms with Crippen LogP contribution in [0, 0.1) is 0 Å². The maximum Gasteiger partial charge on any atom is 0.356 e. The molecule has 0 aliphatic heterocycles. The number of hydrogen-bond acceptors (Lipinski definition) is 6. The molecule has 140 valence electrons. The van der Waals surface area contributed by atoms with Crippen molar-refractivity contribution < 1.29 is 19.1 Å². The number of rotatable bonds is 8. The molecule has 6 nitrogen and oxygen atoms in total. The Balaban J connectivity index is 1.19. The first-order chi connectivity index (χ1) is 13.2. The van der Waals surface area contributed by atoms with Crippen LogP contribution in [0.1, 0.15) is 76.0 Å². The summed E-state index contributed by atoms with van der Waals surface area (Å²) in [6, 6.07) is 7.50. The summed E-state index contributed by atoms with van der Waals surface area (Å²) in [5, 5.41) is 0. The fraction of sp³-hybridized carbons (Fsp3) is 0.429. The Bertz CT molecular complexity index is 774. The molecule has 2 saturated carbocycles. The molecule has 2 heterocycles. The molecule has 2 aromatic heterocycles. The molecular weight excluding hydrogens is 344 g/mol. The second kappa shape index (κ2) is 7.86. The van der Waals surface area contributed by atoms with E-state index in [1.54, 1.807) is 24.5 Å². The highest BCUT2D eigenvalue weighted by atomic mass is 16.5. The van der Waals surface area contributed by atoms with Crippen LogP contribution in [0.4, 0.5) is 0 Å². The van der Waals surface area contributed by atoms with E-state index >= 15 is 0 Å². The average molecular weight is 366 g/mol. The van der Waals surface area contributed by atoms with Gasteiger partial charge < -0.3 is 9.47 Å². The standard InChI is InChI=1S/C21H22N2O4/c24-20(18-12-16(6-8-22-18)14-2-3-14)26-10-1-11-27-21(25)19-13-17(7-9-23-19)15-4-5-15/h6-9,12-15H,1-5,10-11H2. The van der Waals surface area contributed by atoms with Crippen molar-refractivity contribution in [1.82, 2.24) is 9.97 Å². The predicted octanol–water partition coefficient (Wildman–Crippen LogP) is 3.64. The molecular formula is C21H22N2O4. The van der Waals surface area contributed by atoms with E-state index in [0.29, 0.717) is 29.6 Å². The number of pyridine rings is 2. The monoisotopic (exact) mass is 366 g/mol. The first kappa shape index (κ1) is 17.6. The zero-order chi connectivity index (χ0) is 18.6. The maximum absolute atomic E-state index is 12.1. The van der Waals surface area contributed by atoms with E-state index in [9.17, 15) is 9.59 Å². The molecule has 2 aliphatic rings. The molecule has 2 aromatic rings. The minimum Gasteiger partial charge on any atom is -0.461 e. The van der Waals surface area contributed by atoms with Crippen LogP contribution in [0.25, 0.3) is 0 Å². The van der Waals surface area contributed by atoms with Crippen molar-refractivity contribution in [2.45, 2.75) is 43.9 Å². The highest BCUT2D eigenvalue weighted by Gasteiger charge is 2.25. The number of ether oxygens (including phenoxy) is 2. The first-order valence-electron chi connectivity index (χ1n) is 9.47. The molecule has 2 fully saturated rings. The molecule has 6 heteroatoms. The van der Waals surface area contributed by atoms with Gasteiger partial charge >= 0.3 is 11.9 Å². The van der Waals surface area contributed by atoms with Crippen LogP contribution < -0.4 is 0 Å². The minimum atomic E-state index is -0.442. The number of carbonyl (C=O) groups is 2. The van der Waals surface area contributed by atoms with E-state index in [-0.39, 0.29) is 13.2 Å². The predicted molar refractivity (Wildman–Crippen MR) is 97.6 cm³/mol. The smallest absolute Gasteiger partial charge is 0.356 e. The van der Waals surface area contributed by atoms with Crippen molar-refractivity contribution in [2.24, 2.45) is 0 Å². The van der Waals surface area contributed by atoms with Crippen LogP contribution in [0.5, 0.6) is 0 Å². The van der Waals surface area contributed by atoms with Gasteiger partial charge in [-0.15, -0.1) is 0 Å². The molecule has 0 aromatic carbocycles. The topological polar surface area (TPSA) is 78.4 Å². The number of carbonyl (C=O) groups excluding carboxylic acids is 2. The van der Waals surface area contributed by atoms with Crippen LogP contribution in [0.2, 0.25) is 0 Å². The Morgan fingerprint density at radius 3 is 1.67 bits per heavy atom. The van der Waals surface area contributed by atoms with Crippen LogP contribution in [-0.4, -0.2) is 35.1 Å². The van der Waals surface area contributed by atoms with E-state index < -0.39 is 11.9 Å². The molecule has 0 saturated heterocycles. The van der Waals surface area contributed by atoms with Crippen molar-refractivity contribution in [3.05, 3.63) is 59.2 Å². The van der Waals surface area contributed by atoms with E-state index in [4.69, 9.17) is 9.47 Å². The summed E-state index contributed by atoms with van der Waals surface area (Å²) in [4.78, 5) is 32.3. The molecule has 27 heavy (non-hydrogen) atoms.